The quantitative estimate of drug-likeness (QED) is 0.472. The van der Waals surface area contributed by atoms with E-state index in [9.17, 15) is 9.59 Å². The fourth-order valence-electron chi connectivity index (χ4n) is 4.03. The van der Waals surface area contributed by atoms with E-state index in [4.69, 9.17) is 9.72 Å². The summed E-state index contributed by atoms with van der Waals surface area (Å²) in [4.78, 5) is 33.3. The highest BCUT2D eigenvalue weighted by atomic mass is 16.5. The molecule has 1 unspecified atom stereocenters. The summed E-state index contributed by atoms with van der Waals surface area (Å²) in [5, 5.41) is 3.60. The molecule has 7 heteroatoms. The first kappa shape index (κ1) is 24.5. The number of nitrogens with zero attached hydrogens (tertiary/aromatic N) is 3. The molecule has 0 aliphatic rings. The number of aryl methyl sites for hydroxylation is 1. The molecular weight excluding hydrogens is 416 g/mol. The summed E-state index contributed by atoms with van der Waals surface area (Å²) in [6.07, 6.45) is 2.34. The molecule has 0 saturated heterocycles. The highest BCUT2D eigenvalue weighted by Crippen LogP contribution is 2.25. The fourth-order valence-corrected chi connectivity index (χ4v) is 4.03. The molecule has 3 rings (SSSR count). The molecule has 0 aliphatic heterocycles. The van der Waals surface area contributed by atoms with Crippen molar-refractivity contribution in [1.29, 1.82) is 0 Å². The van der Waals surface area contributed by atoms with Crippen LogP contribution in [0, 0.1) is 0 Å². The van der Waals surface area contributed by atoms with Crippen molar-refractivity contribution in [2.75, 3.05) is 25.6 Å². The highest BCUT2D eigenvalue weighted by Gasteiger charge is 2.28. The molecule has 0 bridgehead atoms. The standard InChI is InChI=1S/C26H34N4O3/c1-5-16-30-24(28-22-11-9-8-10-21(22)25(30)31)23(7-3)29(17-18-33-4)26(32)27-20-14-12-19(6-2)13-15-20/h8-15,23H,5-7,16-18H2,1-4H3,(H,27,32). The van der Waals surface area contributed by atoms with Crippen LogP contribution in [0.1, 0.15) is 51.0 Å². The summed E-state index contributed by atoms with van der Waals surface area (Å²) < 4.78 is 7.02. The van der Waals surface area contributed by atoms with Crippen LogP contribution < -0.4 is 10.9 Å². The van der Waals surface area contributed by atoms with E-state index in [1.807, 2.05) is 56.3 Å². The number of rotatable bonds is 10. The van der Waals surface area contributed by atoms with Gasteiger partial charge >= 0.3 is 6.03 Å². The average molecular weight is 451 g/mol. The molecule has 33 heavy (non-hydrogen) atoms. The Morgan fingerprint density at radius 2 is 1.85 bits per heavy atom. The first-order valence-electron chi connectivity index (χ1n) is 11.7. The Morgan fingerprint density at radius 3 is 2.48 bits per heavy atom. The molecule has 7 nitrogen and oxygen atoms in total. The van der Waals surface area contributed by atoms with Crippen LogP contribution in [0.4, 0.5) is 10.5 Å². The number of hydrogen-bond donors (Lipinski definition) is 1. The Kier molecular flexibility index (Phi) is 8.60. The number of carbonyl (C=O) groups excluding carboxylic acids is 1. The molecule has 0 saturated carbocycles. The van der Waals surface area contributed by atoms with Gasteiger partial charge in [0.05, 0.1) is 23.6 Å². The van der Waals surface area contributed by atoms with E-state index in [0.717, 1.165) is 18.5 Å². The van der Waals surface area contributed by atoms with Gasteiger partial charge in [-0.3, -0.25) is 9.36 Å². The Hall–Kier alpha value is -3.19. The van der Waals surface area contributed by atoms with Gasteiger partial charge in [-0.1, -0.05) is 45.0 Å². The zero-order valence-electron chi connectivity index (χ0n) is 20.0. The van der Waals surface area contributed by atoms with Gasteiger partial charge in [0.1, 0.15) is 5.82 Å². The van der Waals surface area contributed by atoms with Gasteiger partial charge in [-0.2, -0.15) is 0 Å². The lowest BCUT2D eigenvalue weighted by molar-refractivity contribution is 0.130. The molecule has 1 aromatic heterocycles. The van der Waals surface area contributed by atoms with E-state index in [0.29, 0.717) is 42.8 Å². The monoisotopic (exact) mass is 450 g/mol. The van der Waals surface area contributed by atoms with E-state index in [2.05, 4.69) is 12.2 Å². The summed E-state index contributed by atoms with van der Waals surface area (Å²) in [6.45, 7) is 7.43. The largest absolute Gasteiger partial charge is 0.383 e. The molecule has 0 radical (unpaired) electrons. The number of carbonyl (C=O) groups is 1. The second-order valence-electron chi connectivity index (χ2n) is 8.03. The maximum Gasteiger partial charge on any atom is 0.322 e. The SMILES string of the molecule is CCCn1c(C(CC)N(CCOC)C(=O)Nc2ccc(CC)cc2)nc2ccccc2c1=O. The van der Waals surface area contributed by atoms with E-state index < -0.39 is 0 Å². The number of nitrogens with one attached hydrogen (secondary N) is 1. The lowest BCUT2D eigenvalue weighted by atomic mass is 10.1. The average Bonchev–Trinajstić information content (AvgIpc) is 2.84. The number of urea groups is 1. The number of methoxy groups -OCH3 is 1. The van der Waals surface area contributed by atoms with Gasteiger partial charge in [-0.05, 0) is 49.1 Å². The molecule has 1 heterocycles. The number of anilines is 1. The minimum atomic E-state index is -0.376. The van der Waals surface area contributed by atoms with E-state index in [1.165, 1.54) is 5.56 Å². The molecule has 2 aromatic carbocycles. The van der Waals surface area contributed by atoms with Gasteiger partial charge < -0.3 is 15.0 Å². The summed E-state index contributed by atoms with van der Waals surface area (Å²) >= 11 is 0. The third kappa shape index (κ3) is 5.60. The van der Waals surface area contributed by atoms with Crippen LogP contribution in [0.15, 0.2) is 53.3 Å². The molecule has 3 aromatic rings. The van der Waals surface area contributed by atoms with E-state index in [1.54, 1.807) is 22.6 Å². The van der Waals surface area contributed by atoms with Crippen molar-refractivity contribution in [3.8, 4) is 0 Å². The summed E-state index contributed by atoms with van der Waals surface area (Å²) in [5.74, 6) is 0.607. The molecule has 0 aliphatic carbocycles. The third-order valence-corrected chi connectivity index (χ3v) is 5.81. The zero-order chi connectivity index (χ0) is 23.8. The smallest absolute Gasteiger partial charge is 0.322 e. The minimum Gasteiger partial charge on any atom is -0.383 e. The van der Waals surface area contributed by atoms with Crippen molar-refractivity contribution >= 4 is 22.6 Å². The van der Waals surface area contributed by atoms with Crippen LogP contribution in [-0.2, 0) is 17.7 Å². The van der Waals surface area contributed by atoms with E-state index in [-0.39, 0.29) is 17.6 Å². The Morgan fingerprint density at radius 1 is 1.12 bits per heavy atom. The van der Waals surface area contributed by atoms with Gasteiger partial charge in [0, 0.05) is 25.9 Å². The molecule has 0 spiro atoms. The Labute approximate surface area is 195 Å². The lowest BCUT2D eigenvalue weighted by Gasteiger charge is -2.32. The highest BCUT2D eigenvalue weighted by molar-refractivity contribution is 5.89. The van der Waals surface area contributed by atoms with Crippen molar-refractivity contribution in [2.45, 2.75) is 52.6 Å². The zero-order valence-corrected chi connectivity index (χ0v) is 20.0. The van der Waals surface area contributed by atoms with Gasteiger partial charge in [0.15, 0.2) is 0 Å². The summed E-state index contributed by atoms with van der Waals surface area (Å²) in [5.41, 5.74) is 2.51. The van der Waals surface area contributed by atoms with Crippen molar-refractivity contribution in [3.63, 3.8) is 0 Å². The van der Waals surface area contributed by atoms with Gasteiger partial charge in [-0.25, -0.2) is 9.78 Å². The number of aromatic nitrogens is 2. The predicted molar refractivity (Wildman–Crippen MR) is 133 cm³/mol. The third-order valence-electron chi connectivity index (χ3n) is 5.81. The second-order valence-corrected chi connectivity index (χ2v) is 8.03. The van der Waals surface area contributed by atoms with Crippen molar-refractivity contribution in [2.24, 2.45) is 0 Å². The molecule has 1 N–H and O–H groups in total. The Bertz CT molecular complexity index is 1120. The van der Waals surface area contributed by atoms with Crippen molar-refractivity contribution < 1.29 is 9.53 Å². The van der Waals surface area contributed by atoms with Gasteiger partial charge in [0.2, 0.25) is 0 Å². The molecular formula is C26H34N4O3. The first-order chi connectivity index (χ1) is 16.0. The number of hydrogen-bond acceptors (Lipinski definition) is 4. The minimum absolute atomic E-state index is 0.0712. The van der Waals surface area contributed by atoms with Gasteiger partial charge in [0.25, 0.3) is 5.56 Å². The summed E-state index contributed by atoms with van der Waals surface area (Å²) in [6, 6.07) is 14.6. The number of ether oxygens (including phenoxy) is 1. The first-order valence-corrected chi connectivity index (χ1v) is 11.7. The predicted octanol–water partition coefficient (Wildman–Crippen LogP) is 5.00. The molecule has 176 valence electrons. The van der Waals surface area contributed by atoms with Crippen LogP contribution >= 0.6 is 0 Å². The maximum absolute atomic E-state index is 13.4. The molecule has 2 amide bonds. The van der Waals surface area contributed by atoms with Crippen LogP contribution in [0.5, 0.6) is 0 Å². The van der Waals surface area contributed by atoms with Crippen LogP contribution in [-0.4, -0.2) is 40.7 Å². The number of para-hydroxylation sites is 1. The van der Waals surface area contributed by atoms with Gasteiger partial charge in [-0.15, -0.1) is 0 Å². The summed E-state index contributed by atoms with van der Waals surface area (Å²) in [7, 11) is 1.61. The molecule has 0 fully saturated rings. The van der Waals surface area contributed by atoms with Crippen LogP contribution in [0.3, 0.4) is 0 Å². The lowest BCUT2D eigenvalue weighted by Crippen LogP contribution is -2.42. The number of amides is 2. The molecule has 1 atom stereocenters. The van der Waals surface area contributed by atoms with Crippen molar-refractivity contribution in [1.82, 2.24) is 14.5 Å². The number of benzene rings is 2. The second kappa shape index (κ2) is 11.6. The van der Waals surface area contributed by atoms with Crippen LogP contribution in [0.25, 0.3) is 10.9 Å². The van der Waals surface area contributed by atoms with Crippen LogP contribution in [0.2, 0.25) is 0 Å². The topological polar surface area (TPSA) is 76.5 Å². The van der Waals surface area contributed by atoms with Crippen molar-refractivity contribution in [3.05, 3.63) is 70.3 Å². The maximum atomic E-state index is 13.4. The normalized spacial score (nSPS) is 12.0. The fraction of sp³-hybridized carbons (Fsp3) is 0.423. The van der Waals surface area contributed by atoms with E-state index >= 15 is 0 Å². The Balaban J connectivity index is 2.03. The number of fused-ring (bicyclic) bond motifs is 1.